The van der Waals surface area contributed by atoms with Crippen LogP contribution >= 0.6 is 0 Å². The fourth-order valence-corrected chi connectivity index (χ4v) is 4.15. The summed E-state index contributed by atoms with van der Waals surface area (Å²) in [5.41, 5.74) is 3.22. The van der Waals surface area contributed by atoms with Gasteiger partial charge < -0.3 is 4.74 Å². The van der Waals surface area contributed by atoms with Crippen molar-refractivity contribution in [3.8, 4) is 5.75 Å². The molecule has 1 aromatic heterocycles. The zero-order valence-corrected chi connectivity index (χ0v) is 16.1. The molecule has 28 heavy (non-hydrogen) atoms. The number of hydrogen-bond acceptors (Lipinski definition) is 5. The van der Waals surface area contributed by atoms with Gasteiger partial charge in [0.25, 0.3) is 0 Å². The van der Waals surface area contributed by atoms with Crippen LogP contribution in [-0.2, 0) is 16.4 Å². The van der Waals surface area contributed by atoms with Crippen molar-refractivity contribution in [3.05, 3.63) is 90.3 Å². The standard InChI is InChI=1S/C22H18N2O3S/c1-16-22(24-21-10-6-5-9-20(21)23-16)15-27-17-11-13-19(14-12-17)28(25,26)18-7-3-2-4-8-18/h2-14H,15H2,1H3. The lowest BCUT2D eigenvalue weighted by Crippen LogP contribution is -2.04. The van der Waals surface area contributed by atoms with E-state index in [-0.39, 0.29) is 16.4 Å². The van der Waals surface area contributed by atoms with Crippen LogP contribution in [0.15, 0.2) is 88.7 Å². The van der Waals surface area contributed by atoms with Gasteiger partial charge >= 0.3 is 0 Å². The summed E-state index contributed by atoms with van der Waals surface area (Å²) in [4.78, 5) is 9.65. The van der Waals surface area contributed by atoms with Crippen molar-refractivity contribution < 1.29 is 13.2 Å². The van der Waals surface area contributed by atoms with Gasteiger partial charge in [0.15, 0.2) is 0 Å². The number of fused-ring (bicyclic) bond motifs is 1. The van der Waals surface area contributed by atoms with Gasteiger partial charge in [-0.2, -0.15) is 0 Å². The minimum atomic E-state index is -3.53. The number of nitrogens with zero attached hydrogens (tertiary/aromatic N) is 2. The number of aryl methyl sites for hydroxylation is 1. The summed E-state index contributed by atoms with van der Waals surface area (Å²) in [6.07, 6.45) is 0. The van der Waals surface area contributed by atoms with E-state index in [1.54, 1.807) is 54.6 Å². The quantitative estimate of drug-likeness (QED) is 0.507. The third kappa shape index (κ3) is 3.59. The average Bonchev–Trinajstić information content (AvgIpc) is 2.73. The fourth-order valence-electron chi connectivity index (χ4n) is 2.86. The highest BCUT2D eigenvalue weighted by Gasteiger charge is 2.17. The molecule has 0 spiro atoms. The molecule has 0 radical (unpaired) electrons. The molecular weight excluding hydrogens is 372 g/mol. The van der Waals surface area contributed by atoms with Gasteiger partial charge in [0.05, 0.1) is 32.2 Å². The second kappa shape index (κ2) is 7.40. The van der Waals surface area contributed by atoms with Gasteiger partial charge in [-0.3, -0.25) is 0 Å². The van der Waals surface area contributed by atoms with Crippen LogP contribution in [-0.4, -0.2) is 18.4 Å². The predicted molar refractivity (Wildman–Crippen MR) is 107 cm³/mol. The summed E-state index contributed by atoms with van der Waals surface area (Å²) < 4.78 is 31.1. The lowest BCUT2D eigenvalue weighted by atomic mass is 10.2. The van der Waals surface area contributed by atoms with E-state index < -0.39 is 9.84 Å². The van der Waals surface area contributed by atoms with Crippen molar-refractivity contribution in [3.63, 3.8) is 0 Å². The maximum absolute atomic E-state index is 12.6. The van der Waals surface area contributed by atoms with Crippen molar-refractivity contribution in [2.45, 2.75) is 23.3 Å². The summed E-state index contributed by atoms with van der Waals surface area (Å²) in [5, 5.41) is 0. The summed E-state index contributed by atoms with van der Waals surface area (Å²) >= 11 is 0. The van der Waals surface area contributed by atoms with E-state index in [0.717, 1.165) is 22.4 Å². The van der Waals surface area contributed by atoms with Crippen LogP contribution in [0.3, 0.4) is 0 Å². The zero-order valence-electron chi connectivity index (χ0n) is 15.2. The lowest BCUT2D eigenvalue weighted by molar-refractivity contribution is 0.300. The normalized spacial score (nSPS) is 11.5. The topological polar surface area (TPSA) is 69.2 Å². The van der Waals surface area contributed by atoms with Crippen molar-refractivity contribution in [2.75, 3.05) is 0 Å². The van der Waals surface area contributed by atoms with Crippen LogP contribution in [0.4, 0.5) is 0 Å². The number of rotatable bonds is 5. The second-order valence-electron chi connectivity index (χ2n) is 6.32. The molecule has 4 rings (SSSR count). The number of aromatic nitrogens is 2. The molecule has 0 aliphatic carbocycles. The number of ether oxygens (including phenoxy) is 1. The van der Waals surface area contributed by atoms with Crippen molar-refractivity contribution in [1.29, 1.82) is 0 Å². The largest absolute Gasteiger partial charge is 0.487 e. The molecule has 140 valence electrons. The van der Waals surface area contributed by atoms with E-state index >= 15 is 0 Å². The third-order valence-corrected chi connectivity index (χ3v) is 6.19. The molecular formula is C22H18N2O3S. The first-order valence-electron chi connectivity index (χ1n) is 8.79. The molecule has 0 saturated heterocycles. The van der Waals surface area contributed by atoms with Crippen LogP contribution in [0.25, 0.3) is 11.0 Å². The molecule has 1 heterocycles. The molecule has 0 aliphatic heterocycles. The van der Waals surface area contributed by atoms with E-state index in [9.17, 15) is 8.42 Å². The molecule has 3 aromatic carbocycles. The Morgan fingerprint density at radius 1 is 0.750 bits per heavy atom. The molecule has 0 amide bonds. The Morgan fingerprint density at radius 2 is 1.32 bits per heavy atom. The van der Waals surface area contributed by atoms with Gasteiger partial charge in [0.1, 0.15) is 12.4 Å². The van der Waals surface area contributed by atoms with E-state index in [1.807, 2.05) is 31.2 Å². The Balaban J connectivity index is 1.52. The van der Waals surface area contributed by atoms with Gasteiger partial charge in [-0.05, 0) is 55.5 Å². The number of sulfone groups is 1. The highest BCUT2D eigenvalue weighted by Crippen LogP contribution is 2.23. The Labute approximate surface area is 163 Å². The van der Waals surface area contributed by atoms with E-state index in [2.05, 4.69) is 9.97 Å². The lowest BCUT2D eigenvalue weighted by Gasteiger charge is -2.10. The van der Waals surface area contributed by atoms with E-state index in [4.69, 9.17) is 4.74 Å². The van der Waals surface area contributed by atoms with E-state index in [0.29, 0.717) is 5.75 Å². The van der Waals surface area contributed by atoms with Crippen molar-refractivity contribution >= 4 is 20.9 Å². The van der Waals surface area contributed by atoms with Crippen molar-refractivity contribution in [1.82, 2.24) is 9.97 Å². The van der Waals surface area contributed by atoms with Gasteiger partial charge in [-0.25, -0.2) is 18.4 Å². The molecule has 0 aliphatic rings. The molecule has 5 nitrogen and oxygen atoms in total. The van der Waals surface area contributed by atoms with Gasteiger partial charge in [-0.15, -0.1) is 0 Å². The summed E-state index contributed by atoms with van der Waals surface area (Å²) in [6, 6.07) is 22.5. The number of para-hydroxylation sites is 2. The highest BCUT2D eigenvalue weighted by atomic mass is 32.2. The number of hydrogen-bond donors (Lipinski definition) is 0. The van der Waals surface area contributed by atoms with Crippen LogP contribution < -0.4 is 4.74 Å². The maximum Gasteiger partial charge on any atom is 0.206 e. The molecule has 0 N–H and O–H groups in total. The third-order valence-electron chi connectivity index (χ3n) is 4.41. The van der Waals surface area contributed by atoms with Crippen LogP contribution in [0.2, 0.25) is 0 Å². The van der Waals surface area contributed by atoms with Crippen LogP contribution in [0, 0.1) is 6.92 Å². The summed E-state index contributed by atoms with van der Waals surface area (Å²) in [7, 11) is -3.53. The molecule has 4 aromatic rings. The predicted octanol–water partition coefficient (Wildman–Crippen LogP) is 4.35. The Morgan fingerprint density at radius 3 is 2.00 bits per heavy atom. The second-order valence-corrected chi connectivity index (χ2v) is 8.27. The Bertz CT molecular complexity index is 1220. The molecule has 0 bridgehead atoms. The summed E-state index contributed by atoms with van der Waals surface area (Å²) in [5.74, 6) is 0.571. The highest BCUT2D eigenvalue weighted by molar-refractivity contribution is 7.91. The smallest absolute Gasteiger partial charge is 0.206 e. The van der Waals surface area contributed by atoms with Gasteiger partial charge in [-0.1, -0.05) is 30.3 Å². The minimum absolute atomic E-state index is 0.229. The van der Waals surface area contributed by atoms with Crippen LogP contribution in [0.5, 0.6) is 5.75 Å². The zero-order chi connectivity index (χ0) is 19.6. The molecule has 0 atom stereocenters. The molecule has 0 unspecified atom stereocenters. The van der Waals surface area contributed by atoms with Gasteiger partial charge in [0.2, 0.25) is 9.84 Å². The Hall–Kier alpha value is -3.25. The van der Waals surface area contributed by atoms with E-state index in [1.165, 1.54) is 0 Å². The minimum Gasteiger partial charge on any atom is -0.487 e. The number of benzene rings is 3. The molecule has 6 heteroatoms. The monoisotopic (exact) mass is 390 g/mol. The van der Waals surface area contributed by atoms with Crippen molar-refractivity contribution in [2.24, 2.45) is 0 Å². The maximum atomic E-state index is 12.6. The fraction of sp³-hybridized carbons (Fsp3) is 0.0909. The van der Waals surface area contributed by atoms with Crippen LogP contribution in [0.1, 0.15) is 11.4 Å². The molecule has 0 saturated carbocycles. The SMILES string of the molecule is Cc1nc2ccccc2nc1COc1ccc(S(=O)(=O)c2ccccc2)cc1. The average molecular weight is 390 g/mol. The Kier molecular flexibility index (Phi) is 4.79. The van der Waals surface area contributed by atoms with Gasteiger partial charge in [0, 0.05) is 0 Å². The first-order chi connectivity index (χ1) is 13.5. The summed E-state index contributed by atoms with van der Waals surface area (Å²) in [6.45, 7) is 2.15. The molecule has 0 fully saturated rings. The first-order valence-corrected chi connectivity index (χ1v) is 10.3. The first kappa shape index (κ1) is 18.1.